The lowest BCUT2D eigenvalue weighted by Gasteiger charge is -2.14. The van der Waals surface area contributed by atoms with Crippen molar-refractivity contribution in [3.05, 3.63) is 59.7 Å². The average Bonchev–Trinajstić information content (AvgIpc) is 2.48. The average molecular weight is 271 g/mol. The van der Waals surface area contributed by atoms with Crippen LogP contribution < -0.4 is 10.5 Å². The second-order valence-corrected chi connectivity index (χ2v) is 4.94. The molecule has 0 spiro atoms. The lowest BCUT2D eigenvalue weighted by atomic mass is 10.0. The SMILES string of the molecule is CCC(N)Cc1ccccc1OCc1ccc(O)cc1. The highest BCUT2D eigenvalue weighted by Crippen LogP contribution is 2.21. The van der Waals surface area contributed by atoms with Crippen LogP contribution in [0.25, 0.3) is 0 Å². The van der Waals surface area contributed by atoms with Crippen molar-refractivity contribution in [2.75, 3.05) is 0 Å². The largest absolute Gasteiger partial charge is 0.508 e. The number of aromatic hydroxyl groups is 1. The maximum atomic E-state index is 9.26. The van der Waals surface area contributed by atoms with E-state index in [-0.39, 0.29) is 11.8 Å². The van der Waals surface area contributed by atoms with Gasteiger partial charge < -0.3 is 15.6 Å². The summed E-state index contributed by atoms with van der Waals surface area (Å²) < 4.78 is 5.87. The van der Waals surface area contributed by atoms with Gasteiger partial charge in [-0.1, -0.05) is 37.3 Å². The third-order valence-electron chi connectivity index (χ3n) is 3.31. The molecule has 0 fully saturated rings. The second kappa shape index (κ2) is 6.96. The van der Waals surface area contributed by atoms with Crippen LogP contribution in [0.3, 0.4) is 0 Å². The lowest BCUT2D eigenvalue weighted by Crippen LogP contribution is -2.21. The van der Waals surface area contributed by atoms with Gasteiger partial charge in [-0.2, -0.15) is 0 Å². The monoisotopic (exact) mass is 271 g/mol. The summed E-state index contributed by atoms with van der Waals surface area (Å²) in [6.45, 7) is 2.57. The van der Waals surface area contributed by atoms with E-state index in [1.54, 1.807) is 12.1 Å². The zero-order valence-corrected chi connectivity index (χ0v) is 11.8. The topological polar surface area (TPSA) is 55.5 Å². The Morgan fingerprint density at radius 3 is 2.50 bits per heavy atom. The highest BCUT2D eigenvalue weighted by Gasteiger charge is 2.07. The molecule has 2 aromatic rings. The fraction of sp³-hybridized carbons (Fsp3) is 0.294. The fourth-order valence-corrected chi connectivity index (χ4v) is 1.99. The molecule has 1 unspecified atom stereocenters. The molecule has 0 aliphatic heterocycles. The van der Waals surface area contributed by atoms with Crippen molar-refractivity contribution in [3.63, 3.8) is 0 Å². The van der Waals surface area contributed by atoms with Crippen molar-refractivity contribution >= 4 is 0 Å². The van der Waals surface area contributed by atoms with E-state index in [0.717, 1.165) is 29.7 Å². The summed E-state index contributed by atoms with van der Waals surface area (Å²) in [5.41, 5.74) is 8.18. The summed E-state index contributed by atoms with van der Waals surface area (Å²) in [6, 6.07) is 15.2. The lowest BCUT2D eigenvalue weighted by molar-refractivity contribution is 0.302. The first kappa shape index (κ1) is 14.4. The molecule has 2 rings (SSSR count). The molecule has 1 atom stereocenters. The number of rotatable bonds is 6. The van der Waals surface area contributed by atoms with Gasteiger partial charge >= 0.3 is 0 Å². The standard InChI is InChI=1S/C17H21NO2/c1-2-15(18)11-14-5-3-4-6-17(14)20-12-13-7-9-16(19)10-8-13/h3-10,15,19H,2,11-12,18H2,1H3. The van der Waals surface area contributed by atoms with Crippen LogP contribution in [0.5, 0.6) is 11.5 Å². The van der Waals surface area contributed by atoms with E-state index in [2.05, 4.69) is 13.0 Å². The van der Waals surface area contributed by atoms with Crippen molar-refractivity contribution in [3.8, 4) is 11.5 Å². The van der Waals surface area contributed by atoms with Gasteiger partial charge in [0.2, 0.25) is 0 Å². The van der Waals surface area contributed by atoms with Gasteiger partial charge in [0.15, 0.2) is 0 Å². The van der Waals surface area contributed by atoms with Gasteiger partial charge in [-0.3, -0.25) is 0 Å². The molecular formula is C17H21NO2. The third kappa shape index (κ3) is 4.00. The highest BCUT2D eigenvalue weighted by atomic mass is 16.5. The predicted octanol–water partition coefficient (Wildman–Crippen LogP) is 3.25. The minimum absolute atomic E-state index is 0.161. The number of phenols is 1. The van der Waals surface area contributed by atoms with Crippen molar-refractivity contribution in [2.45, 2.75) is 32.4 Å². The highest BCUT2D eigenvalue weighted by molar-refractivity contribution is 5.34. The normalized spacial score (nSPS) is 12.1. The summed E-state index contributed by atoms with van der Waals surface area (Å²) in [7, 11) is 0. The Balaban J connectivity index is 2.03. The minimum atomic E-state index is 0.161. The van der Waals surface area contributed by atoms with Crippen molar-refractivity contribution < 1.29 is 9.84 Å². The fourth-order valence-electron chi connectivity index (χ4n) is 1.99. The molecule has 0 aliphatic rings. The molecule has 20 heavy (non-hydrogen) atoms. The smallest absolute Gasteiger partial charge is 0.123 e. The number of phenolic OH excluding ortho intramolecular Hbond substituents is 1. The van der Waals surface area contributed by atoms with Gasteiger partial charge in [0.05, 0.1) is 0 Å². The molecule has 106 valence electrons. The third-order valence-corrected chi connectivity index (χ3v) is 3.31. The van der Waals surface area contributed by atoms with Crippen LogP contribution in [0.15, 0.2) is 48.5 Å². The van der Waals surface area contributed by atoms with Crippen molar-refractivity contribution in [1.29, 1.82) is 0 Å². The summed E-state index contributed by atoms with van der Waals surface area (Å²) in [6.07, 6.45) is 1.77. The molecule has 0 bridgehead atoms. The maximum Gasteiger partial charge on any atom is 0.123 e. The molecule has 3 N–H and O–H groups in total. The minimum Gasteiger partial charge on any atom is -0.508 e. The predicted molar refractivity (Wildman–Crippen MR) is 80.9 cm³/mol. The summed E-state index contributed by atoms with van der Waals surface area (Å²) in [5.74, 6) is 1.15. The van der Waals surface area contributed by atoms with E-state index in [4.69, 9.17) is 10.5 Å². The number of hydrogen-bond donors (Lipinski definition) is 2. The molecule has 0 amide bonds. The Bertz CT molecular complexity index is 537. The van der Waals surface area contributed by atoms with Crippen LogP contribution in [-0.4, -0.2) is 11.1 Å². The Morgan fingerprint density at radius 1 is 1.10 bits per heavy atom. The van der Waals surface area contributed by atoms with Gasteiger partial charge in [0.25, 0.3) is 0 Å². The first-order chi connectivity index (χ1) is 9.69. The van der Waals surface area contributed by atoms with Crippen LogP contribution >= 0.6 is 0 Å². The van der Waals surface area contributed by atoms with Crippen LogP contribution in [0, 0.1) is 0 Å². The van der Waals surface area contributed by atoms with Gasteiger partial charge in [0.1, 0.15) is 18.1 Å². The second-order valence-electron chi connectivity index (χ2n) is 4.94. The Labute approximate surface area is 120 Å². The summed E-state index contributed by atoms with van der Waals surface area (Å²) in [4.78, 5) is 0. The maximum absolute atomic E-state index is 9.26. The van der Waals surface area contributed by atoms with E-state index < -0.39 is 0 Å². The first-order valence-electron chi connectivity index (χ1n) is 6.93. The molecule has 0 heterocycles. The van der Waals surface area contributed by atoms with Gasteiger partial charge in [-0.05, 0) is 42.2 Å². The van der Waals surface area contributed by atoms with Crippen LogP contribution in [-0.2, 0) is 13.0 Å². The number of ether oxygens (including phenoxy) is 1. The van der Waals surface area contributed by atoms with Gasteiger partial charge in [-0.25, -0.2) is 0 Å². The molecule has 2 aromatic carbocycles. The number of nitrogens with two attached hydrogens (primary N) is 1. The Hall–Kier alpha value is -2.00. The molecule has 0 saturated heterocycles. The van der Waals surface area contributed by atoms with Crippen LogP contribution in [0.4, 0.5) is 0 Å². The van der Waals surface area contributed by atoms with E-state index in [0.29, 0.717) is 6.61 Å². The molecule has 3 heteroatoms. The van der Waals surface area contributed by atoms with E-state index in [1.807, 2.05) is 30.3 Å². The first-order valence-corrected chi connectivity index (χ1v) is 6.93. The quantitative estimate of drug-likeness (QED) is 0.848. The molecule has 0 saturated carbocycles. The Kier molecular flexibility index (Phi) is 5.02. The van der Waals surface area contributed by atoms with Crippen LogP contribution in [0.1, 0.15) is 24.5 Å². The molecule has 0 radical (unpaired) electrons. The van der Waals surface area contributed by atoms with Crippen LogP contribution in [0.2, 0.25) is 0 Å². The number of benzene rings is 2. The molecule has 0 aromatic heterocycles. The Morgan fingerprint density at radius 2 is 1.80 bits per heavy atom. The van der Waals surface area contributed by atoms with E-state index in [1.165, 1.54) is 0 Å². The molecule has 0 aliphatic carbocycles. The van der Waals surface area contributed by atoms with E-state index in [9.17, 15) is 5.11 Å². The van der Waals surface area contributed by atoms with Gasteiger partial charge in [0, 0.05) is 6.04 Å². The van der Waals surface area contributed by atoms with Gasteiger partial charge in [-0.15, -0.1) is 0 Å². The van der Waals surface area contributed by atoms with E-state index >= 15 is 0 Å². The van der Waals surface area contributed by atoms with Crippen molar-refractivity contribution in [2.24, 2.45) is 5.73 Å². The summed E-state index contributed by atoms with van der Waals surface area (Å²) in [5, 5.41) is 9.26. The number of para-hydroxylation sites is 1. The zero-order valence-electron chi connectivity index (χ0n) is 11.8. The summed E-state index contributed by atoms with van der Waals surface area (Å²) >= 11 is 0. The zero-order chi connectivity index (χ0) is 14.4. The molecular weight excluding hydrogens is 250 g/mol. The number of hydrogen-bond acceptors (Lipinski definition) is 3. The molecule has 3 nitrogen and oxygen atoms in total. The van der Waals surface area contributed by atoms with Crippen molar-refractivity contribution in [1.82, 2.24) is 0 Å².